The van der Waals surface area contributed by atoms with Gasteiger partial charge in [0.05, 0.1) is 0 Å². The average Bonchev–Trinajstić information content (AvgIpc) is 3.04. The Bertz CT molecular complexity index is 480. The van der Waals surface area contributed by atoms with Gasteiger partial charge in [-0.25, -0.2) is 0 Å². The minimum Gasteiger partial charge on any atom is -0.488 e. The Morgan fingerprint density at radius 2 is 2.10 bits per heavy atom. The number of nitrogens with two attached hydrogens (primary N) is 1. The molecule has 3 heteroatoms. The predicted octanol–water partition coefficient (Wildman–Crippen LogP) is 2.50. The summed E-state index contributed by atoms with van der Waals surface area (Å²) >= 11 is 0. The molecule has 1 aliphatic heterocycles. The maximum Gasteiger partial charge on any atom is 0.123 e. The van der Waals surface area contributed by atoms with E-state index in [4.69, 9.17) is 10.5 Å². The van der Waals surface area contributed by atoms with Gasteiger partial charge < -0.3 is 10.5 Å². The fourth-order valence-corrected chi connectivity index (χ4v) is 3.82. The third-order valence-corrected chi connectivity index (χ3v) is 5.16. The number of fused-ring (bicyclic) bond motifs is 1. The summed E-state index contributed by atoms with van der Waals surface area (Å²) in [5.41, 5.74) is 8.96. The van der Waals surface area contributed by atoms with Gasteiger partial charge in [0.25, 0.3) is 0 Å². The molecule has 0 spiro atoms. The lowest BCUT2D eigenvalue weighted by Gasteiger charge is -2.39. The van der Waals surface area contributed by atoms with Crippen LogP contribution < -0.4 is 10.5 Å². The normalized spacial score (nSPS) is 23.9. The summed E-state index contributed by atoms with van der Waals surface area (Å²) in [6, 6.07) is 6.49. The van der Waals surface area contributed by atoms with Crippen LogP contribution in [0.1, 0.15) is 36.8 Å². The summed E-state index contributed by atoms with van der Waals surface area (Å²) in [6.07, 6.45) is 6.40. The van der Waals surface area contributed by atoms with E-state index in [2.05, 4.69) is 37.1 Å². The SMILES string of the molecule is Cc1ccc2c(c1)CC(CN(C)C1(CN)CCCC1)O2. The molecule has 2 N–H and O–H groups in total. The number of likely N-dealkylation sites (N-methyl/N-ethyl adjacent to an activating group) is 1. The summed E-state index contributed by atoms with van der Waals surface area (Å²) in [5.74, 6) is 1.07. The third-order valence-electron chi connectivity index (χ3n) is 5.16. The predicted molar refractivity (Wildman–Crippen MR) is 82.2 cm³/mol. The standard InChI is InChI=1S/C17H26N2O/c1-13-5-6-16-14(9-13)10-15(20-16)11-19(2)17(12-18)7-3-4-8-17/h5-6,9,15H,3-4,7-8,10-12,18H2,1-2H3. The van der Waals surface area contributed by atoms with E-state index in [1.807, 2.05) is 0 Å². The van der Waals surface area contributed by atoms with Gasteiger partial charge in [-0.15, -0.1) is 0 Å². The average molecular weight is 274 g/mol. The van der Waals surface area contributed by atoms with Crippen LogP contribution in [0.25, 0.3) is 0 Å². The molecule has 1 heterocycles. The number of ether oxygens (including phenoxy) is 1. The smallest absolute Gasteiger partial charge is 0.123 e. The van der Waals surface area contributed by atoms with Crippen molar-refractivity contribution in [2.45, 2.75) is 50.7 Å². The highest BCUT2D eigenvalue weighted by Gasteiger charge is 2.38. The molecule has 0 bridgehead atoms. The monoisotopic (exact) mass is 274 g/mol. The van der Waals surface area contributed by atoms with Gasteiger partial charge in [-0.3, -0.25) is 4.90 Å². The van der Waals surface area contributed by atoms with Gasteiger partial charge in [-0.1, -0.05) is 30.5 Å². The van der Waals surface area contributed by atoms with E-state index < -0.39 is 0 Å². The largest absolute Gasteiger partial charge is 0.488 e. The first-order valence-corrected chi connectivity index (χ1v) is 7.80. The molecule has 0 aromatic heterocycles. The number of hydrogen-bond acceptors (Lipinski definition) is 3. The van der Waals surface area contributed by atoms with E-state index in [-0.39, 0.29) is 11.6 Å². The number of benzene rings is 1. The van der Waals surface area contributed by atoms with Crippen molar-refractivity contribution in [3.05, 3.63) is 29.3 Å². The van der Waals surface area contributed by atoms with Crippen molar-refractivity contribution < 1.29 is 4.74 Å². The Kier molecular flexibility index (Phi) is 3.74. The van der Waals surface area contributed by atoms with Crippen LogP contribution in [-0.2, 0) is 6.42 Å². The molecule has 20 heavy (non-hydrogen) atoms. The molecule has 2 aliphatic rings. The Balaban J connectivity index is 1.65. The van der Waals surface area contributed by atoms with Crippen LogP contribution in [-0.4, -0.2) is 36.7 Å². The van der Waals surface area contributed by atoms with Gasteiger partial charge >= 0.3 is 0 Å². The van der Waals surface area contributed by atoms with Gasteiger partial charge in [0.2, 0.25) is 0 Å². The molecule has 1 aromatic rings. The highest BCUT2D eigenvalue weighted by molar-refractivity contribution is 5.40. The molecule has 0 saturated heterocycles. The van der Waals surface area contributed by atoms with Crippen molar-refractivity contribution in [2.75, 3.05) is 20.1 Å². The second-order valence-corrected chi connectivity index (χ2v) is 6.57. The van der Waals surface area contributed by atoms with Crippen LogP contribution in [0, 0.1) is 6.92 Å². The van der Waals surface area contributed by atoms with Crippen LogP contribution in [0.15, 0.2) is 18.2 Å². The first-order valence-electron chi connectivity index (χ1n) is 7.80. The molecule has 1 unspecified atom stereocenters. The highest BCUT2D eigenvalue weighted by atomic mass is 16.5. The van der Waals surface area contributed by atoms with E-state index in [0.717, 1.165) is 25.3 Å². The number of rotatable bonds is 4. The molecule has 1 aliphatic carbocycles. The van der Waals surface area contributed by atoms with Crippen LogP contribution in [0.4, 0.5) is 0 Å². The molecule has 1 atom stereocenters. The Hall–Kier alpha value is -1.06. The summed E-state index contributed by atoms with van der Waals surface area (Å²) < 4.78 is 6.10. The molecular weight excluding hydrogens is 248 g/mol. The maximum atomic E-state index is 6.10. The summed E-state index contributed by atoms with van der Waals surface area (Å²) in [7, 11) is 2.22. The van der Waals surface area contributed by atoms with Crippen LogP contribution in [0.3, 0.4) is 0 Å². The minimum atomic E-state index is 0.216. The lowest BCUT2D eigenvalue weighted by atomic mass is 9.95. The first-order chi connectivity index (χ1) is 9.63. The zero-order valence-corrected chi connectivity index (χ0v) is 12.7. The van der Waals surface area contributed by atoms with Crippen molar-refractivity contribution in [3.8, 4) is 5.75 Å². The Labute approximate surface area is 122 Å². The van der Waals surface area contributed by atoms with Gasteiger partial charge in [-0.2, -0.15) is 0 Å². The van der Waals surface area contributed by atoms with Crippen molar-refractivity contribution >= 4 is 0 Å². The molecular formula is C17H26N2O. The lowest BCUT2D eigenvalue weighted by molar-refractivity contribution is 0.0805. The number of nitrogens with zero attached hydrogens (tertiary/aromatic N) is 1. The van der Waals surface area contributed by atoms with Crippen LogP contribution in [0.2, 0.25) is 0 Å². The van der Waals surface area contributed by atoms with E-state index in [0.29, 0.717) is 0 Å². The fraction of sp³-hybridized carbons (Fsp3) is 0.647. The molecule has 110 valence electrons. The van der Waals surface area contributed by atoms with Gasteiger partial charge in [-0.05, 0) is 38.4 Å². The lowest BCUT2D eigenvalue weighted by Crippen LogP contribution is -2.52. The molecule has 1 fully saturated rings. The van der Waals surface area contributed by atoms with E-state index in [1.54, 1.807) is 0 Å². The fourth-order valence-electron chi connectivity index (χ4n) is 3.82. The van der Waals surface area contributed by atoms with Crippen molar-refractivity contribution in [3.63, 3.8) is 0 Å². The third kappa shape index (κ3) is 2.45. The van der Waals surface area contributed by atoms with Gasteiger partial charge in [0.15, 0.2) is 0 Å². The van der Waals surface area contributed by atoms with E-state index in [9.17, 15) is 0 Å². The second kappa shape index (κ2) is 5.38. The highest BCUT2D eigenvalue weighted by Crippen LogP contribution is 2.35. The summed E-state index contributed by atoms with van der Waals surface area (Å²) in [5, 5.41) is 0. The Morgan fingerprint density at radius 3 is 2.80 bits per heavy atom. The van der Waals surface area contributed by atoms with Gasteiger partial charge in [0, 0.05) is 25.0 Å². The molecule has 3 rings (SSSR count). The maximum absolute atomic E-state index is 6.10. The van der Waals surface area contributed by atoms with Crippen LogP contribution in [0.5, 0.6) is 5.75 Å². The quantitative estimate of drug-likeness (QED) is 0.917. The summed E-state index contributed by atoms with van der Waals surface area (Å²) in [6.45, 7) is 3.88. The summed E-state index contributed by atoms with van der Waals surface area (Å²) in [4.78, 5) is 2.46. The van der Waals surface area contributed by atoms with Crippen LogP contribution >= 0.6 is 0 Å². The Morgan fingerprint density at radius 1 is 1.35 bits per heavy atom. The first kappa shape index (κ1) is 13.9. The van der Waals surface area contributed by atoms with Crippen molar-refractivity contribution in [1.82, 2.24) is 4.90 Å². The van der Waals surface area contributed by atoms with Crippen molar-refractivity contribution in [2.24, 2.45) is 5.73 Å². The van der Waals surface area contributed by atoms with Crippen molar-refractivity contribution in [1.29, 1.82) is 0 Å². The number of hydrogen-bond donors (Lipinski definition) is 1. The van der Waals surface area contributed by atoms with E-state index in [1.165, 1.54) is 36.8 Å². The second-order valence-electron chi connectivity index (χ2n) is 6.57. The minimum absolute atomic E-state index is 0.216. The zero-order chi connectivity index (χ0) is 14.2. The zero-order valence-electron chi connectivity index (χ0n) is 12.7. The molecule has 0 radical (unpaired) electrons. The molecule has 0 amide bonds. The molecule has 1 aromatic carbocycles. The topological polar surface area (TPSA) is 38.5 Å². The van der Waals surface area contributed by atoms with Gasteiger partial charge in [0.1, 0.15) is 11.9 Å². The molecule has 3 nitrogen and oxygen atoms in total. The number of aryl methyl sites for hydroxylation is 1. The molecule has 1 saturated carbocycles. The van der Waals surface area contributed by atoms with E-state index >= 15 is 0 Å².